The molecule has 214 valence electrons. The van der Waals surface area contributed by atoms with E-state index in [0.717, 1.165) is 0 Å². The summed E-state index contributed by atoms with van der Waals surface area (Å²) in [7, 11) is -6.45. The van der Waals surface area contributed by atoms with E-state index in [1.165, 1.54) is 58.7 Å². The van der Waals surface area contributed by atoms with Gasteiger partial charge in [-0.15, -0.1) is 0 Å². The van der Waals surface area contributed by atoms with Gasteiger partial charge in [0.1, 0.15) is 6.10 Å². The molecule has 3 aromatic carbocycles. The molecule has 1 aliphatic rings. The number of hydrogen-bond acceptors (Lipinski definition) is 7. The summed E-state index contributed by atoms with van der Waals surface area (Å²) in [4.78, 5) is 15.3. The smallest absolute Gasteiger partial charge is 0.262 e. The number of carbonyl (C=O) groups is 1. The fourth-order valence-electron chi connectivity index (χ4n) is 4.47. The van der Waals surface area contributed by atoms with Crippen LogP contribution in [0.3, 0.4) is 0 Å². The number of sulfonamides is 2. The molecule has 4 rings (SSSR count). The number of aliphatic hydroxyl groups excluding tert-OH is 1. The van der Waals surface area contributed by atoms with Gasteiger partial charge in [0.15, 0.2) is 5.75 Å². The predicted molar refractivity (Wildman–Crippen MR) is 151 cm³/mol. The van der Waals surface area contributed by atoms with Crippen LogP contribution in [0.15, 0.2) is 88.7 Å². The second-order valence-corrected chi connectivity index (χ2v) is 13.5. The Kier molecular flexibility index (Phi) is 8.83. The van der Waals surface area contributed by atoms with E-state index in [2.05, 4.69) is 4.72 Å². The Bertz CT molecular complexity index is 1550. The highest BCUT2D eigenvalue weighted by atomic mass is 32.2. The molecule has 0 bridgehead atoms. The van der Waals surface area contributed by atoms with Crippen LogP contribution in [0.25, 0.3) is 0 Å². The first-order valence-corrected chi connectivity index (χ1v) is 15.7. The van der Waals surface area contributed by atoms with Crippen molar-refractivity contribution < 1.29 is 31.5 Å². The minimum Gasteiger partial charge on any atom is -0.486 e. The number of likely N-dealkylation sites (N-methyl/N-ethyl adjacent to an activating group) is 1. The number of benzene rings is 3. The lowest BCUT2D eigenvalue weighted by Gasteiger charge is -2.38. The Morgan fingerprint density at radius 1 is 0.975 bits per heavy atom. The predicted octanol–water partition coefficient (Wildman–Crippen LogP) is 3.03. The molecule has 40 heavy (non-hydrogen) atoms. The number of para-hydroxylation sites is 1. The minimum absolute atomic E-state index is 0.01000. The Balaban J connectivity index is 1.76. The van der Waals surface area contributed by atoms with E-state index in [4.69, 9.17) is 4.74 Å². The molecule has 12 heteroatoms. The Labute approximate surface area is 235 Å². The van der Waals surface area contributed by atoms with Gasteiger partial charge in [0.2, 0.25) is 10.0 Å². The summed E-state index contributed by atoms with van der Waals surface area (Å²) < 4.78 is 63.0. The molecule has 1 amide bonds. The molecule has 3 aromatic rings. The number of amides is 1. The van der Waals surface area contributed by atoms with Crippen molar-refractivity contribution in [2.24, 2.45) is 5.92 Å². The second-order valence-electron chi connectivity index (χ2n) is 9.82. The Morgan fingerprint density at radius 2 is 1.57 bits per heavy atom. The standard InChI is InChI=1S/C28H33N3O7S2/c1-20-17-31(21(2)19-32)28(33)24-15-10-16-25(29-39(34,35)22-11-6-4-7-12-22)27(24)38-26(20)18-30(3)40(36,37)23-13-8-5-9-14-23/h4-16,20-21,26,29,32H,17-19H2,1-3H3/t20-,21+,26-/m0/s1. The number of anilines is 1. The van der Waals surface area contributed by atoms with Crippen molar-refractivity contribution in [3.8, 4) is 5.75 Å². The fourth-order valence-corrected chi connectivity index (χ4v) is 6.76. The van der Waals surface area contributed by atoms with E-state index < -0.39 is 44.0 Å². The summed E-state index contributed by atoms with van der Waals surface area (Å²) in [5.41, 5.74) is 0.137. The van der Waals surface area contributed by atoms with Gasteiger partial charge in [0.25, 0.3) is 15.9 Å². The highest BCUT2D eigenvalue weighted by Crippen LogP contribution is 2.36. The molecule has 10 nitrogen and oxygen atoms in total. The number of aliphatic hydroxyl groups is 1. The van der Waals surface area contributed by atoms with Crippen molar-refractivity contribution in [2.75, 3.05) is 31.5 Å². The Hall–Kier alpha value is -3.45. The molecule has 2 N–H and O–H groups in total. The monoisotopic (exact) mass is 587 g/mol. The van der Waals surface area contributed by atoms with E-state index in [-0.39, 0.29) is 46.5 Å². The van der Waals surface area contributed by atoms with Crippen LogP contribution < -0.4 is 9.46 Å². The number of hydrogen-bond donors (Lipinski definition) is 2. The van der Waals surface area contributed by atoms with E-state index in [9.17, 15) is 26.7 Å². The topological polar surface area (TPSA) is 133 Å². The lowest BCUT2D eigenvalue weighted by atomic mass is 9.99. The van der Waals surface area contributed by atoms with E-state index in [1.54, 1.807) is 43.3 Å². The minimum atomic E-state index is -4.03. The maximum Gasteiger partial charge on any atom is 0.262 e. The molecule has 0 aromatic heterocycles. The van der Waals surface area contributed by atoms with Crippen LogP contribution in [0.4, 0.5) is 5.69 Å². The molecule has 0 unspecified atom stereocenters. The van der Waals surface area contributed by atoms with Gasteiger partial charge < -0.3 is 14.7 Å². The number of nitrogens with one attached hydrogen (secondary N) is 1. The first-order valence-electron chi connectivity index (χ1n) is 12.8. The second kappa shape index (κ2) is 12.0. The van der Waals surface area contributed by atoms with Gasteiger partial charge in [0, 0.05) is 19.5 Å². The van der Waals surface area contributed by atoms with Crippen molar-refractivity contribution in [2.45, 2.75) is 35.8 Å². The molecule has 0 fully saturated rings. The van der Waals surface area contributed by atoms with Gasteiger partial charge in [-0.25, -0.2) is 16.8 Å². The first kappa shape index (κ1) is 29.5. The third-order valence-corrected chi connectivity index (χ3v) is 10.1. The third kappa shape index (κ3) is 6.15. The van der Waals surface area contributed by atoms with Gasteiger partial charge in [-0.1, -0.05) is 49.4 Å². The summed E-state index contributed by atoms with van der Waals surface area (Å²) >= 11 is 0. The van der Waals surface area contributed by atoms with E-state index in [1.807, 2.05) is 6.92 Å². The van der Waals surface area contributed by atoms with Crippen molar-refractivity contribution in [1.82, 2.24) is 9.21 Å². The third-order valence-electron chi connectivity index (χ3n) is 6.88. The number of carbonyl (C=O) groups excluding carboxylic acids is 1. The molecular weight excluding hydrogens is 554 g/mol. The number of nitrogens with zero attached hydrogens (tertiary/aromatic N) is 2. The molecule has 0 spiro atoms. The zero-order chi connectivity index (χ0) is 29.1. The highest BCUT2D eigenvalue weighted by molar-refractivity contribution is 7.92. The van der Waals surface area contributed by atoms with Crippen LogP contribution in [0.2, 0.25) is 0 Å². The first-order chi connectivity index (χ1) is 19.0. The van der Waals surface area contributed by atoms with Crippen molar-refractivity contribution in [3.05, 3.63) is 84.4 Å². The zero-order valence-electron chi connectivity index (χ0n) is 22.5. The van der Waals surface area contributed by atoms with Gasteiger partial charge in [-0.3, -0.25) is 9.52 Å². The quantitative estimate of drug-likeness (QED) is 0.393. The molecule has 3 atom stereocenters. The van der Waals surface area contributed by atoms with Gasteiger partial charge in [-0.2, -0.15) is 4.31 Å². The maximum absolute atomic E-state index is 13.6. The number of ether oxygens (including phenoxy) is 1. The fraction of sp³-hybridized carbons (Fsp3) is 0.321. The Morgan fingerprint density at radius 3 is 2.17 bits per heavy atom. The lowest BCUT2D eigenvalue weighted by molar-refractivity contribution is 0.0389. The average molecular weight is 588 g/mol. The van der Waals surface area contributed by atoms with E-state index >= 15 is 0 Å². The van der Waals surface area contributed by atoms with Crippen molar-refractivity contribution in [1.29, 1.82) is 0 Å². The lowest BCUT2D eigenvalue weighted by Crippen LogP contribution is -2.50. The van der Waals surface area contributed by atoms with Crippen LogP contribution in [0, 0.1) is 5.92 Å². The summed E-state index contributed by atoms with van der Waals surface area (Å²) in [5.74, 6) is -0.838. The van der Waals surface area contributed by atoms with E-state index in [0.29, 0.717) is 0 Å². The number of fused-ring (bicyclic) bond motifs is 1. The van der Waals surface area contributed by atoms with Gasteiger partial charge >= 0.3 is 0 Å². The SMILES string of the molecule is C[C@H](CO)N1C[C@H](C)[C@H](CN(C)S(=O)(=O)c2ccccc2)Oc2c(NS(=O)(=O)c3ccccc3)cccc2C1=O. The zero-order valence-corrected chi connectivity index (χ0v) is 24.1. The molecule has 0 saturated heterocycles. The highest BCUT2D eigenvalue weighted by Gasteiger charge is 2.36. The van der Waals surface area contributed by atoms with Gasteiger partial charge in [-0.05, 0) is 43.3 Å². The normalized spacial score (nSPS) is 18.8. The molecule has 0 aliphatic carbocycles. The van der Waals surface area contributed by atoms with Crippen molar-refractivity contribution in [3.63, 3.8) is 0 Å². The van der Waals surface area contributed by atoms with Crippen LogP contribution in [0.5, 0.6) is 5.75 Å². The molecule has 1 heterocycles. The maximum atomic E-state index is 13.6. The molecule has 0 radical (unpaired) electrons. The summed E-state index contributed by atoms with van der Waals surface area (Å²) in [6.45, 7) is 3.34. The summed E-state index contributed by atoms with van der Waals surface area (Å²) in [6, 6.07) is 19.8. The largest absolute Gasteiger partial charge is 0.486 e. The summed E-state index contributed by atoms with van der Waals surface area (Å²) in [6.07, 6.45) is -0.772. The van der Waals surface area contributed by atoms with Crippen LogP contribution in [0.1, 0.15) is 24.2 Å². The van der Waals surface area contributed by atoms with Crippen molar-refractivity contribution >= 4 is 31.6 Å². The molecular formula is C28H33N3O7S2. The van der Waals surface area contributed by atoms with Crippen LogP contribution >= 0.6 is 0 Å². The van der Waals surface area contributed by atoms with Crippen LogP contribution in [-0.2, 0) is 20.0 Å². The summed E-state index contributed by atoms with van der Waals surface area (Å²) in [5, 5.41) is 9.87. The molecule has 1 aliphatic heterocycles. The van der Waals surface area contributed by atoms with Crippen LogP contribution in [-0.4, -0.2) is 75.9 Å². The molecule has 0 saturated carbocycles. The van der Waals surface area contributed by atoms with Gasteiger partial charge in [0.05, 0.1) is 40.2 Å². The average Bonchev–Trinajstić information content (AvgIpc) is 2.95. The number of rotatable bonds is 9.